The molecule has 0 N–H and O–H groups in total. The Kier molecular flexibility index (Phi) is 5.06. The molecule has 4 heterocycles. The fourth-order valence-electron chi connectivity index (χ4n) is 4.67. The number of benzene rings is 1. The highest BCUT2D eigenvalue weighted by Crippen LogP contribution is 2.34. The molecule has 0 aliphatic carbocycles. The smallest absolute Gasteiger partial charge is 0.257 e. The van der Waals surface area contributed by atoms with Crippen molar-refractivity contribution in [2.75, 3.05) is 6.54 Å². The molecule has 2 aliphatic rings. The third kappa shape index (κ3) is 3.31. The summed E-state index contributed by atoms with van der Waals surface area (Å²) in [5.41, 5.74) is 2.28. The van der Waals surface area contributed by atoms with Gasteiger partial charge in [-0.05, 0) is 50.8 Å². The van der Waals surface area contributed by atoms with E-state index in [-0.39, 0.29) is 11.9 Å². The summed E-state index contributed by atoms with van der Waals surface area (Å²) in [7, 11) is 0. The van der Waals surface area contributed by atoms with Gasteiger partial charge in [-0.2, -0.15) is 5.10 Å². The molecule has 2 aromatic heterocycles. The first-order valence-corrected chi connectivity index (χ1v) is 11.0. The molecule has 0 radical (unpaired) electrons. The summed E-state index contributed by atoms with van der Waals surface area (Å²) in [6.45, 7) is 3.60. The predicted octanol–water partition coefficient (Wildman–Crippen LogP) is 4.13. The molecule has 3 aromatic rings. The normalized spacial score (nSPS) is 19.0. The van der Waals surface area contributed by atoms with Gasteiger partial charge in [0.05, 0.1) is 29.2 Å². The lowest BCUT2D eigenvalue weighted by molar-refractivity contribution is 0.0726. The van der Waals surface area contributed by atoms with Crippen LogP contribution in [0.5, 0.6) is 0 Å². The van der Waals surface area contributed by atoms with Crippen LogP contribution in [0.4, 0.5) is 0 Å². The van der Waals surface area contributed by atoms with Crippen molar-refractivity contribution >= 4 is 17.5 Å². The van der Waals surface area contributed by atoms with Gasteiger partial charge in [-0.15, -0.1) is 10.2 Å². The summed E-state index contributed by atoms with van der Waals surface area (Å²) in [4.78, 5) is 15.5. The van der Waals surface area contributed by atoms with E-state index in [0.717, 1.165) is 68.2 Å². The largest absolute Gasteiger partial charge is 0.328 e. The maximum absolute atomic E-state index is 13.5. The molecular formula is C22H25ClN6O. The van der Waals surface area contributed by atoms with E-state index in [1.807, 2.05) is 36.1 Å². The Balaban J connectivity index is 1.45. The molecule has 7 nitrogen and oxygen atoms in total. The second-order valence-electron chi connectivity index (χ2n) is 8.13. The van der Waals surface area contributed by atoms with Crippen molar-refractivity contribution in [1.82, 2.24) is 29.4 Å². The minimum Gasteiger partial charge on any atom is -0.328 e. The van der Waals surface area contributed by atoms with Crippen molar-refractivity contribution in [3.63, 3.8) is 0 Å². The number of carbonyl (C=O) groups is 1. The molecule has 8 heteroatoms. The first-order chi connectivity index (χ1) is 14.6. The van der Waals surface area contributed by atoms with Crippen LogP contribution in [0.1, 0.15) is 65.8 Å². The van der Waals surface area contributed by atoms with E-state index >= 15 is 0 Å². The first-order valence-electron chi connectivity index (χ1n) is 10.7. The van der Waals surface area contributed by atoms with Gasteiger partial charge < -0.3 is 9.47 Å². The second-order valence-corrected chi connectivity index (χ2v) is 8.57. The van der Waals surface area contributed by atoms with E-state index in [4.69, 9.17) is 11.6 Å². The molecule has 1 fully saturated rings. The Bertz CT molecular complexity index is 1090. The van der Waals surface area contributed by atoms with Crippen LogP contribution in [-0.4, -0.2) is 41.9 Å². The second kappa shape index (κ2) is 7.87. The molecule has 2 aliphatic heterocycles. The molecule has 156 valence electrons. The molecule has 5 rings (SSSR count). The molecule has 1 unspecified atom stereocenters. The molecule has 0 spiro atoms. The maximum Gasteiger partial charge on any atom is 0.257 e. The van der Waals surface area contributed by atoms with Crippen LogP contribution in [0, 0.1) is 6.92 Å². The van der Waals surface area contributed by atoms with E-state index in [0.29, 0.717) is 10.6 Å². The molecule has 1 atom stereocenters. The van der Waals surface area contributed by atoms with Crippen molar-refractivity contribution in [2.24, 2.45) is 0 Å². The molecule has 1 amide bonds. The van der Waals surface area contributed by atoms with Crippen LogP contribution in [0.25, 0.3) is 5.69 Å². The first kappa shape index (κ1) is 19.3. The van der Waals surface area contributed by atoms with E-state index in [1.165, 1.54) is 6.42 Å². The summed E-state index contributed by atoms with van der Waals surface area (Å²) in [6, 6.07) is 7.47. The third-order valence-electron chi connectivity index (χ3n) is 6.24. The van der Waals surface area contributed by atoms with E-state index in [2.05, 4.69) is 19.9 Å². The number of likely N-dealkylation sites (tertiary alicyclic amines) is 1. The zero-order valence-electron chi connectivity index (χ0n) is 17.1. The molecule has 0 bridgehead atoms. The molecule has 1 saturated heterocycles. The number of carbonyl (C=O) groups excluding carboxylic acids is 1. The lowest BCUT2D eigenvalue weighted by atomic mass is 10.1. The summed E-state index contributed by atoms with van der Waals surface area (Å²) < 4.78 is 4.03. The Morgan fingerprint density at radius 2 is 2.03 bits per heavy atom. The summed E-state index contributed by atoms with van der Waals surface area (Å²) in [5.74, 6) is 2.01. The van der Waals surface area contributed by atoms with Crippen molar-refractivity contribution in [3.05, 3.63) is 58.4 Å². The van der Waals surface area contributed by atoms with Crippen LogP contribution in [0.2, 0.25) is 5.02 Å². The lowest BCUT2D eigenvalue weighted by Crippen LogP contribution is -2.32. The van der Waals surface area contributed by atoms with E-state index in [1.54, 1.807) is 10.9 Å². The van der Waals surface area contributed by atoms with Gasteiger partial charge in [0.1, 0.15) is 5.82 Å². The van der Waals surface area contributed by atoms with Crippen molar-refractivity contribution in [3.8, 4) is 5.69 Å². The van der Waals surface area contributed by atoms with Crippen LogP contribution in [-0.2, 0) is 13.0 Å². The number of halogens is 1. The Morgan fingerprint density at radius 1 is 1.13 bits per heavy atom. The summed E-state index contributed by atoms with van der Waals surface area (Å²) in [6.07, 6.45) is 8.05. The SMILES string of the molecule is Cc1c(C(=O)N2CCCC2c2nnc3n2CCCCC3)cnn1-c1cccc(Cl)c1. The van der Waals surface area contributed by atoms with Gasteiger partial charge in [-0.25, -0.2) is 4.68 Å². The van der Waals surface area contributed by atoms with Gasteiger partial charge >= 0.3 is 0 Å². The monoisotopic (exact) mass is 424 g/mol. The maximum atomic E-state index is 13.5. The van der Waals surface area contributed by atoms with Crippen molar-refractivity contribution < 1.29 is 4.79 Å². The number of rotatable bonds is 3. The number of aryl methyl sites for hydroxylation is 1. The fourth-order valence-corrected chi connectivity index (χ4v) is 4.86. The number of nitrogens with zero attached hydrogens (tertiary/aromatic N) is 6. The average Bonchev–Trinajstić information content (AvgIpc) is 3.42. The predicted molar refractivity (Wildman–Crippen MR) is 114 cm³/mol. The highest BCUT2D eigenvalue weighted by Gasteiger charge is 2.36. The highest BCUT2D eigenvalue weighted by atomic mass is 35.5. The van der Waals surface area contributed by atoms with Crippen molar-refractivity contribution in [1.29, 1.82) is 0 Å². The minimum absolute atomic E-state index is 0.00856. The van der Waals surface area contributed by atoms with Gasteiger partial charge in [0.15, 0.2) is 5.82 Å². The van der Waals surface area contributed by atoms with Crippen LogP contribution >= 0.6 is 11.6 Å². The quantitative estimate of drug-likeness (QED) is 0.633. The number of fused-ring (bicyclic) bond motifs is 1. The summed E-state index contributed by atoms with van der Waals surface area (Å²) in [5, 5.41) is 14.1. The zero-order valence-corrected chi connectivity index (χ0v) is 17.8. The third-order valence-corrected chi connectivity index (χ3v) is 6.48. The zero-order chi connectivity index (χ0) is 20.7. The number of amides is 1. The van der Waals surface area contributed by atoms with Crippen LogP contribution in [0.15, 0.2) is 30.5 Å². The Labute approximate surface area is 180 Å². The lowest BCUT2D eigenvalue weighted by Gasteiger charge is -2.24. The van der Waals surface area contributed by atoms with Crippen molar-refractivity contribution in [2.45, 2.75) is 58.0 Å². The Hall–Kier alpha value is -2.67. The van der Waals surface area contributed by atoms with Gasteiger partial charge in [0.25, 0.3) is 5.91 Å². The van der Waals surface area contributed by atoms with Gasteiger partial charge in [-0.3, -0.25) is 4.79 Å². The van der Waals surface area contributed by atoms with Crippen LogP contribution < -0.4 is 0 Å². The standard InChI is InChI=1S/C22H25ClN6O/c1-15-18(14-24-29(15)17-8-5-7-16(23)13-17)22(30)27-12-6-9-19(27)21-26-25-20-10-3-2-4-11-28(20)21/h5,7-8,13-14,19H,2-4,6,9-12H2,1H3. The highest BCUT2D eigenvalue weighted by molar-refractivity contribution is 6.30. The topological polar surface area (TPSA) is 68.8 Å². The molecule has 0 saturated carbocycles. The van der Waals surface area contributed by atoms with Gasteiger partial charge in [-0.1, -0.05) is 24.1 Å². The van der Waals surface area contributed by atoms with Gasteiger partial charge in [0.2, 0.25) is 0 Å². The van der Waals surface area contributed by atoms with E-state index < -0.39 is 0 Å². The summed E-state index contributed by atoms with van der Waals surface area (Å²) >= 11 is 6.13. The number of hydrogen-bond donors (Lipinski definition) is 0. The number of hydrogen-bond acceptors (Lipinski definition) is 4. The Morgan fingerprint density at radius 3 is 2.90 bits per heavy atom. The van der Waals surface area contributed by atoms with Crippen LogP contribution in [0.3, 0.4) is 0 Å². The molecular weight excluding hydrogens is 400 g/mol. The number of aromatic nitrogens is 5. The molecule has 30 heavy (non-hydrogen) atoms. The fraction of sp³-hybridized carbons (Fsp3) is 0.455. The minimum atomic E-state index is -0.0224. The molecule has 1 aromatic carbocycles. The van der Waals surface area contributed by atoms with E-state index in [9.17, 15) is 4.79 Å². The van der Waals surface area contributed by atoms with Gasteiger partial charge in [0, 0.05) is 24.5 Å². The average molecular weight is 425 g/mol.